The molecule has 156 valence electrons. The van der Waals surface area contributed by atoms with Crippen molar-refractivity contribution in [2.24, 2.45) is 0 Å². The maximum Gasteiger partial charge on any atom is 0.293 e. The van der Waals surface area contributed by atoms with Crippen LogP contribution in [-0.4, -0.2) is 37.7 Å². The van der Waals surface area contributed by atoms with Crippen LogP contribution in [0, 0.1) is 6.92 Å². The van der Waals surface area contributed by atoms with E-state index < -0.39 is 15.9 Å². The Balaban J connectivity index is 1.61. The number of hydrogen-bond acceptors (Lipinski definition) is 7. The lowest BCUT2D eigenvalue weighted by Gasteiger charge is -2.22. The summed E-state index contributed by atoms with van der Waals surface area (Å²) in [7, 11) is -2.44. The van der Waals surface area contributed by atoms with E-state index >= 15 is 0 Å². The molecule has 0 saturated heterocycles. The van der Waals surface area contributed by atoms with Gasteiger partial charge in [-0.2, -0.15) is 8.42 Å². The number of ether oxygens (including phenoxy) is 1. The number of aromatic nitrogens is 2. The molecule has 2 heterocycles. The fraction of sp³-hybridized carbons (Fsp3) is 0.250. The quantitative estimate of drug-likeness (QED) is 0.606. The molecule has 10 heteroatoms. The van der Waals surface area contributed by atoms with E-state index in [1.165, 1.54) is 11.4 Å². The highest BCUT2D eigenvalue weighted by molar-refractivity contribution is 7.94. The molecule has 1 amide bonds. The van der Waals surface area contributed by atoms with E-state index in [9.17, 15) is 13.2 Å². The molecule has 3 aromatic rings. The molecule has 0 saturated carbocycles. The highest BCUT2D eigenvalue weighted by atomic mass is 32.2. The number of carbonyl (C=O) groups is 1. The summed E-state index contributed by atoms with van der Waals surface area (Å²) in [6.07, 6.45) is 0.630. The molecule has 1 aliphatic heterocycles. The lowest BCUT2D eigenvalue weighted by Crippen LogP contribution is -2.35. The van der Waals surface area contributed by atoms with Gasteiger partial charge in [-0.25, -0.2) is 0 Å². The predicted molar refractivity (Wildman–Crippen MR) is 115 cm³/mol. The summed E-state index contributed by atoms with van der Waals surface area (Å²) >= 11 is 0.819. The lowest BCUT2D eigenvalue weighted by atomic mass is 10.1. The fourth-order valence-electron chi connectivity index (χ4n) is 3.50. The number of rotatable bonds is 5. The molecule has 1 N–H and O–H groups in total. The topological polar surface area (TPSA) is 101 Å². The minimum Gasteiger partial charge on any atom is -0.496 e. The molecule has 0 fully saturated rings. The normalized spacial score (nSPS) is 15.7. The smallest absolute Gasteiger partial charge is 0.293 e. The Morgan fingerprint density at radius 2 is 2.00 bits per heavy atom. The Morgan fingerprint density at radius 3 is 2.77 bits per heavy atom. The van der Waals surface area contributed by atoms with Crippen LogP contribution in [0.2, 0.25) is 0 Å². The number of methoxy groups -OCH3 is 1. The van der Waals surface area contributed by atoms with Crippen LogP contribution < -0.4 is 14.4 Å². The van der Waals surface area contributed by atoms with Gasteiger partial charge in [0.2, 0.25) is 5.13 Å². The molecule has 0 bridgehead atoms. The van der Waals surface area contributed by atoms with Crippen molar-refractivity contribution in [3.63, 3.8) is 0 Å². The standard InChI is InChI=1S/C20H20N4O4S2/c1-12-8-9-14-11-13(2)24(16(14)10-12)30(26,27)20-23-22-19(29-20)21-18(25)15-6-4-5-7-17(15)28-3/h4-10,13H,11H2,1-3H3,(H,21,22,25). The molecular formula is C20H20N4O4S2. The number of nitrogens with one attached hydrogen (secondary N) is 1. The molecule has 0 aliphatic carbocycles. The maximum absolute atomic E-state index is 13.3. The van der Waals surface area contributed by atoms with Crippen LogP contribution in [0.25, 0.3) is 0 Å². The van der Waals surface area contributed by atoms with Gasteiger partial charge in [-0.15, -0.1) is 10.2 Å². The van der Waals surface area contributed by atoms with E-state index in [2.05, 4.69) is 15.5 Å². The number of benzene rings is 2. The van der Waals surface area contributed by atoms with Crippen molar-refractivity contribution in [2.75, 3.05) is 16.7 Å². The van der Waals surface area contributed by atoms with Gasteiger partial charge in [-0.05, 0) is 49.6 Å². The second-order valence-corrected chi connectivity index (χ2v) is 9.98. The van der Waals surface area contributed by atoms with Crippen molar-refractivity contribution >= 4 is 38.1 Å². The van der Waals surface area contributed by atoms with Crippen LogP contribution in [-0.2, 0) is 16.4 Å². The maximum atomic E-state index is 13.3. The van der Waals surface area contributed by atoms with Gasteiger partial charge < -0.3 is 4.74 Å². The third-order valence-corrected chi connectivity index (χ3v) is 7.96. The van der Waals surface area contributed by atoms with Crippen LogP contribution in [0.5, 0.6) is 5.75 Å². The summed E-state index contributed by atoms with van der Waals surface area (Å²) < 4.78 is 33.0. The molecule has 1 atom stereocenters. The van der Waals surface area contributed by atoms with Crippen LogP contribution >= 0.6 is 11.3 Å². The first kappa shape index (κ1) is 20.3. The Labute approximate surface area is 178 Å². The van der Waals surface area contributed by atoms with Gasteiger partial charge in [-0.3, -0.25) is 14.4 Å². The Kier molecular flexibility index (Phi) is 5.20. The average Bonchev–Trinajstić information content (AvgIpc) is 3.32. The molecule has 30 heavy (non-hydrogen) atoms. The van der Waals surface area contributed by atoms with Crippen LogP contribution in [0.1, 0.15) is 28.4 Å². The van der Waals surface area contributed by atoms with Crippen molar-refractivity contribution in [3.8, 4) is 5.75 Å². The number of para-hydroxylation sites is 1. The summed E-state index contributed by atoms with van der Waals surface area (Å²) in [6.45, 7) is 3.78. The molecule has 1 unspecified atom stereocenters. The third kappa shape index (κ3) is 3.52. The zero-order valence-corrected chi connectivity index (χ0v) is 18.3. The number of sulfonamides is 1. The summed E-state index contributed by atoms with van der Waals surface area (Å²) in [5.41, 5.74) is 2.94. The first-order valence-electron chi connectivity index (χ1n) is 9.23. The Bertz CT molecular complexity index is 1220. The minimum atomic E-state index is -3.91. The van der Waals surface area contributed by atoms with E-state index in [4.69, 9.17) is 4.74 Å². The zero-order valence-electron chi connectivity index (χ0n) is 16.6. The fourth-order valence-corrected chi connectivity index (χ4v) is 6.16. The number of carbonyl (C=O) groups excluding carboxylic acids is 1. The Hall–Kier alpha value is -2.98. The number of nitrogens with zero attached hydrogens (tertiary/aromatic N) is 3. The first-order valence-corrected chi connectivity index (χ1v) is 11.5. The van der Waals surface area contributed by atoms with Crippen molar-refractivity contribution in [3.05, 3.63) is 59.2 Å². The van der Waals surface area contributed by atoms with Gasteiger partial charge >= 0.3 is 0 Å². The van der Waals surface area contributed by atoms with Crippen LogP contribution in [0.4, 0.5) is 10.8 Å². The molecule has 2 aromatic carbocycles. The molecular weight excluding hydrogens is 424 g/mol. The van der Waals surface area contributed by atoms with Gasteiger partial charge in [-0.1, -0.05) is 35.6 Å². The van der Waals surface area contributed by atoms with E-state index in [1.807, 2.05) is 32.0 Å². The van der Waals surface area contributed by atoms with Gasteiger partial charge in [0.05, 0.1) is 18.4 Å². The van der Waals surface area contributed by atoms with E-state index in [0.717, 1.165) is 22.5 Å². The number of amides is 1. The molecule has 0 spiro atoms. The SMILES string of the molecule is COc1ccccc1C(=O)Nc1nnc(S(=O)(=O)N2c3cc(C)ccc3CC2C)s1. The molecule has 0 radical (unpaired) electrons. The number of anilines is 2. The Morgan fingerprint density at radius 1 is 1.23 bits per heavy atom. The molecule has 4 rings (SSSR count). The zero-order chi connectivity index (χ0) is 21.5. The number of aryl methyl sites for hydroxylation is 1. The van der Waals surface area contributed by atoms with Crippen LogP contribution in [0.3, 0.4) is 0 Å². The lowest BCUT2D eigenvalue weighted by molar-refractivity contribution is 0.102. The van der Waals surface area contributed by atoms with Gasteiger partial charge in [0.25, 0.3) is 20.3 Å². The number of hydrogen-bond donors (Lipinski definition) is 1. The van der Waals surface area contributed by atoms with Crippen molar-refractivity contribution in [1.82, 2.24) is 10.2 Å². The molecule has 1 aliphatic rings. The summed E-state index contributed by atoms with van der Waals surface area (Å²) in [6, 6.07) is 12.3. The second-order valence-electron chi connectivity index (χ2n) is 7.01. The highest BCUT2D eigenvalue weighted by Crippen LogP contribution is 2.38. The average molecular weight is 445 g/mol. The summed E-state index contributed by atoms with van der Waals surface area (Å²) in [5, 5.41) is 10.4. The van der Waals surface area contributed by atoms with Crippen molar-refractivity contribution in [1.29, 1.82) is 0 Å². The van der Waals surface area contributed by atoms with E-state index in [-0.39, 0.29) is 15.5 Å². The van der Waals surface area contributed by atoms with E-state index in [1.54, 1.807) is 24.3 Å². The number of fused-ring (bicyclic) bond motifs is 1. The molecule has 8 nitrogen and oxygen atoms in total. The molecule has 1 aromatic heterocycles. The van der Waals surface area contributed by atoms with Gasteiger partial charge in [0, 0.05) is 6.04 Å². The van der Waals surface area contributed by atoms with E-state index in [0.29, 0.717) is 23.4 Å². The van der Waals surface area contributed by atoms with Gasteiger partial charge in [0.1, 0.15) is 5.75 Å². The predicted octanol–water partition coefficient (Wildman–Crippen LogP) is 3.25. The second kappa shape index (κ2) is 7.69. The largest absolute Gasteiger partial charge is 0.496 e. The summed E-state index contributed by atoms with van der Waals surface area (Å²) in [5.74, 6) is -0.0479. The van der Waals surface area contributed by atoms with Crippen molar-refractivity contribution in [2.45, 2.75) is 30.6 Å². The highest BCUT2D eigenvalue weighted by Gasteiger charge is 2.38. The third-order valence-electron chi connectivity index (χ3n) is 4.85. The summed E-state index contributed by atoms with van der Waals surface area (Å²) in [4.78, 5) is 12.6. The van der Waals surface area contributed by atoms with Crippen LogP contribution in [0.15, 0.2) is 46.8 Å². The van der Waals surface area contributed by atoms with Crippen molar-refractivity contribution < 1.29 is 17.9 Å². The monoisotopic (exact) mass is 444 g/mol. The first-order chi connectivity index (χ1) is 14.3. The van der Waals surface area contributed by atoms with Gasteiger partial charge in [0.15, 0.2) is 0 Å². The minimum absolute atomic E-state index is 0.0980.